The Morgan fingerprint density at radius 2 is 2.37 bits per heavy atom. The zero-order valence-electron chi connectivity index (χ0n) is 11.2. The van der Waals surface area contributed by atoms with Crippen LogP contribution < -0.4 is 11.3 Å². The first-order valence-electron chi connectivity index (χ1n) is 6.37. The lowest BCUT2D eigenvalue weighted by Crippen LogP contribution is -2.51. The molecule has 1 aromatic rings. The van der Waals surface area contributed by atoms with Gasteiger partial charge in [-0.2, -0.15) is 0 Å². The van der Waals surface area contributed by atoms with Gasteiger partial charge in [0.05, 0.1) is 31.1 Å². The predicted octanol–water partition coefficient (Wildman–Crippen LogP) is 0.402. The van der Waals surface area contributed by atoms with Gasteiger partial charge in [0.25, 0.3) is 5.91 Å². The van der Waals surface area contributed by atoms with Crippen LogP contribution in [0.5, 0.6) is 0 Å². The Morgan fingerprint density at radius 1 is 1.58 bits per heavy atom. The molecule has 1 aliphatic heterocycles. The minimum Gasteiger partial charge on any atom is -0.375 e. The molecular weight excluding hydrogens is 246 g/mol. The van der Waals surface area contributed by atoms with E-state index in [9.17, 15) is 4.79 Å². The van der Waals surface area contributed by atoms with Crippen LogP contribution >= 0.6 is 0 Å². The van der Waals surface area contributed by atoms with Gasteiger partial charge in [0, 0.05) is 6.54 Å². The number of rotatable bonds is 3. The van der Waals surface area contributed by atoms with E-state index in [-0.39, 0.29) is 18.1 Å². The summed E-state index contributed by atoms with van der Waals surface area (Å²) in [7, 11) is 0. The average Bonchev–Trinajstić information content (AvgIpc) is 2.46. The topological polar surface area (TPSA) is 93.4 Å². The lowest BCUT2D eigenvalue weighted by molar-refractivity contribution is -0.0446. The van der Waals surface area contributed by atoms with Gasteiger partial charge in [0.1, 0.15) is 5.69 Å². The molecule has 0 aliphatic carbocycles. The van der Waals surface area contributed by atoms with E-state index < -0.39 is 0 Å². The maximum absolute atomic E-state index is 12.4. The van der Waals surface area contributed by atoms with E-state index in [1.54, 1.807) is 0 Å². The average molecular weight is 265 g/mol. The molecule has 0 aromatic carbocycles. The van der Waals surface area contributed by atoms with Crippen molar-refractivity contribution in [1.29, 1.82) is 0 Å². The molecular formula is C12H19N5O2. The third-order valence-corrected chi connectivity index (χ3v) is 3.22. The largest absolute Gasteiger partial charge is 0.375 e. The molecule has 2 heterocycles. The van der Waals surface area contributed by atoms with Crippen LogP contribution in [0.1, 0.15) is 30.8 Å². The highest BCUT2D eigenvalue weighted by Crippen LogP contribution is 2.17. The van der Waals surface area contributed by atoms with Crippen LogP contribution in [0.3, 0.4) is 0 Å². The highest BCUT2D eigenvalue weighted by Gasteiger charge is 2.30. The molecule has 0 radical (unpaired) electrons. The number of morpholine rings is 1. The summed E-state index contributed by atoms with van der Waals surface area (Å²) in [5, 5.41) is 0. The highest BCUT2D eigenvalue weighted by molar-refractivity contribution is 5.92. The standard InChI is InChI=1S/C12H19N5O2/c1-3-9-7-19-8(2)6-17(9)12(18)10-4-15-11(16-13)5-14-10/h4-5,8-9H,3,6-7,13H2,1-2H3,(H,15,16). The number of carbonyl (C=O) groups excluding carboxylic acids is 1. The van der Waals surface area contributed by atoms with Crippen LogP contribution in [0, 0.1) is 0 Å². The normalized spacial score (nSPS) is 23.2. The monoisotopic (exact) mass is 265 g/mol. The van der Waals surface area contributed by atoms with Gasteiger partial charge in [-0.15, -0.1) is 0 Å². The molecule has 0 bridgehead atoms. The Hall–Kier alpha value is -1.73. The van der Waals surface area contributed by atoms with Gasteiger partial charge in [-0.3, -0.25) is 4.79 Å². The number of nitrogens with one attached hydrogen (secondary N) is 1. The number of carbonyl (C=O) groups is 1. The zero-order chi connectivity index (χ0) is 13.8. The van der Waals surface area contributed by atoms with E-state index in [1.165, 1.54) is 12.4 Å². The van der Waals surface area contributed by atoms with Gasteiger partial charge in [0.15, 0.2) is 5.82 Å². The third-order valence-electron chi connectivity index (χ3n) is 3.22. The molecule has 7 nitrogen and oxygen atoms in total. The summed E-state index contributed by atoms with van der Waals surface area (Å²) < 4.78 is 5.58. The maximum Gasteiger partial charge on any atom is 0.274 e. The van der Waals surface area contributed by atoms with Crippen molar-refractivity contribution in [3.8, 4) is 0 Å². The zero-order valence-corrected chi connectivity index (χ0v) is 11.2. The van der Waals surface area contributed by atoms with E-state index in [0.717, 1.165) is 6.42 Å². The van der Waals surface area contributed by atoms with Gasteiger partial charge in [-0.05, 0) is 13.3 Å². The first-order chi connectivity index (χ1) is 9.15. The van der Waals surface area contributed by atoms with E-state index in [4.69, 9.17) is 10.6 Å². The number of aromatic nitrogens is 2. The lowest BCUT2D eigenvalue weighted by atomic mass is 10.1. The van der Waals surface area contributed by atoms with Crippen LogP contribution in [0.15, 0.2) is 12.4 Å². The van der Waals surface area contributed by atoms with Gasteiger partial charge in [0.2, 0.25) is 0 Å². The van der Waals surface area contributed by atoms with Gasteiger partial charge >= 0.3 is 0 Å². The SMILES string of the molecule is CCC1COC(C)CN1C(=O)c1cnc(NN)cn1. The second-order valence-corrected chi connectivity index (χ2v) is 4.59. The van der Waals surface area contributed by atoms with Crippen molar-refractivity contribution in [2.75, 3.05) is 18.6 Å². The van der Waals surface area contributed by atoms with Crippen LogP contribution in [0.4, 0.5) is 5.82 Å². The fourth-order valence-electron chi connectivity index (χ4n) is 2.09. The fraction of sp³-hybridized carbons (Fsp3) is 0.583. The van der Waals surface area contributed by atoms with Gasteiger partial charge in [-0.1, -0.05) is 6.92 Å². The second-order valence-electron chi connectivity index (χ2n) is 4.59. The molecule has 1 aliphatic rings. The Bertz CT molecular complexity index is 436. The molecule has 19 heavy (non-hydrogen) atoms. The Kier molecular flexibility index (Phi) is 4.28. The third kappa shape index (κ3) is 2.99. The van der Waals surface area contributed by atoms with Gasteiger partial charge < -0.3 is 15.1 Å². The predicted molar refractivity (Wildman–Crippen MR) is 70.4 cm³/mol. The molecule has 3 N–H and O–H groups in total. The van der Waals surface area contributed by atoms with Crippen molar-refractivity contribution in [3.05, 3.63) is 18.1 Å². The summed E-state index contributed by atoms with van der Waals surface area (Å²) in [4.78, 5) is 22.3. The molecule has 104 valence electrons. The van der Waals surface area contributed by atoms with Crippen LogP contribution in [-0.4, -0.2) is 46.1 Å². The quantitative estimate of drug-likeness (QED) is 0.607. The summed E-state index contributed by atoms with van der Waals surface area (Å²) >= 11 is 0. The second kappa shape index (κ2) is 5.94. The van der Waals surface area contributed by atoms with Crippen LogP contribution in [0.2, 0.25) is 0 Å². The summed E-state index contributed by atoms with van der Waals surface area (Å²) in [6, 6.07) is 0.0952. The minimum atomic E-state index is -0.113. The van der Waals surface area contributed by atoms with Crippen molar-refractivity contribution >= 4 is 11.7 Å². The number of hydrazine groups is 1. The molecule has 1 amide bonds. The molecule has 2 unspecified atom stereocenters. The maximum atomic E-state index is 12.4. The van der Waals surface area contributed by atoms with Gasteiger partial charge in [-0.25, -0.2) is 15.8 Å². The Balaban J connectivity index is 2.15. The van der Waals surface area contributed by atoms with Crippen molar-refractivity contribution in [2.45, 2.75) is 32.4 Å². The Labute approximate surface area is 112 Å². The molecule has 2 atom stereocenters. The van der Waals surface area contributed by atoms with E-state index in [2.05, 4.69) is 15.4 Å². The van der Waals surface area contributed by atoms with Crippen molar-refractivity contribution in [2.24, 2.45) is 5.84 Å². The molecule has 7 heteroatoms. The molecule has 1 aromatic heterocycles. The summed E-state index contributed by atoms with van der Waals surface area (Å²) in [6.07, 6.45) is 3.78. The number of amides is 1. The number of anilines is 1. The number of nitrogens with zero attached hydrogens (tertiary/aromatic N) is 3. The van der Waals surface area contributed by atoms with Crippen molar-refractivity contribution in [1.82, 2.24) is 14.9 Å². The molecule has 2 rings (SSSR count). The van der Waals surface area contributed by atoms with Crippen LogP contribution in [-0.2, 0) is 4.74 Å². The molecule has 1 saturated heterocycles. The first-order valence-corrected chi connectivity index (χ1v) is 6.37. The number of nitrogen functional groups attached to an aromatic ring is 1. The first kappa shape index (κ1) is 13.7. The van der Waals surface area contributed by atoms with E-state index in [0.29, 0.717) is 24.7 Å². The number of nitrogens with two attached hydrogens (primary N) is 1. The lowest BCUT2D eigenvalue weighted by Gasteiger charge is -2.38. The number of hydrogen-bond acceptors (Lipinski definition) is 6. The number of ether oxygens (including phenoxy) is 1. The van der Waals surface area contributed by atoms with Crippen molar-refractivity contribution in [3.63, 3.8) is 0 Å². The van der Waals surface area contributed by atoms with Crippen LogP contribution in [0.25, 0.3) is 0 Å². The number of hydrogen-bond donors (Lipinski definition) is 2. The minimum absolute atomic E-state index is 0.0460. The van der Waals surface area contributed by atoms with E-state index >= 15 is 0 Å². The summed E-state index contributed by atoms with van der Waals surface area (Å²) in [6.45, 7) is 5.14. The molecule has 0 spiro atoms. The summed E-state index contributed by atoms with van der Waals surface area (Å²) in [5.74, 6) is 5.53. The highest BCUT2D eigenvalue weighted by atomic mass is 16.5. The Morgan fingerprint density at radius 3 is 2.95 bits per heavy atom. The molecule has 0 saturated carbocycles. The smallest absolute Gasteiger partial charge is 0.274 e. The van der Waals surface area contributed by atoms with Crippen molar-refractivity contribution < 1.29 is 9.53 Å². The fourth-order valence-corrected chi connectivity index (χ4v) is 2.09. The summed E-state index contributed by atoms with van der Waals surface area (Å²) in [5.41, 5.74) is 2.71. The molecule has 1 fully saturated rings. The van der Waals surface area contributed by atoms with E-state index in [1.807, 2.05) is 18.7 Å².